The van der Waals surface area contributed by atoms with E-state index < -0.39 is 62.7 Å². The number of nitrogens with two attached hydrogens (primary N) is 3. The normalized spacial score (nSPS) is 15.1. The molecule has 0 aromatic rings. The Morgan fingerprint density at radius 1 is 0.457 bits per heavy atom. The first-order valence-electron chi connectivity index (χ1n) is 30.6. The van der Waals surface area contributed by atoms with Gasteiger partial charge in [0.2, 0.25) is 23.6 Å². The number of esters is 2. The second-order valence-electron chi connectivity index (χ2n) is 21.6. The fraction of sp³-hybridized carbons (Fsp3) is 0.895. The predicted octanol–water partition coefficient (Wildman–Crippen LogP) is 1.27. The number of nitrogens with one attached hydrogen (secondary N) is 1. The molecule has 7 N–H and O–H groups in total. The SMILES string of the molecule is CCCCCCCCCCCCCCCCCC(=O)OC[C@H](COP(=O)([O-])OCCNC(=O)CN1CCN(CC(N)=O)CCN(CC(N)=O)CCN(CC(N)=O)CC1)OC(=O)CCCCCCCCCCCCCCCCC.[Cl-].[Cl-].[Yb+3]. The first-order chi connectivity index (χ1) is 37.6. The summed E-state index contributed by atoms with van der Waals surface area (Å²) < 4.78 is 34.1. The van der Waals surface area contributed by atoms with Crippen LogP contribution in [0.3, 0.4) is 0 Å². The van der Waals surface area contributed by atoms with Gasteiger partial charge in [0.1, 0.15) is 6.61 Å². The molecule has 1 radical (unpaired) electrons. The molecule has 0 saturated carbocycles. The monoisotopic (exact) mass is 1370 g/mol. The Morgan fingerprint density at radius 2 is 0.753 bits per heavy atom. The molecule has 1 fully saturated rings. The van der Waals surface area contributed by atoms with E-state index in [2.05, 4.69) is 19.2 Å². The number of phosphoric ester groups is 1. The van der Waals surface area contributed by atoms with Crippen molar-refractivity contribution < 1.29 is 128 Å². The number of carbonyl (C=O) groups is 6. The molecule has 1 unspecified atom stereocenters. The van der Waals surface area contributed by atoms with E-state index in [1.54, 1.807) is 0 Å². The Hall–Kier alpha value is -1.13. The molecular formula is C57H110Cl2N8O12PYb. The van der Waals surface area contributed by atoms with E-state index >= 15 is 0 Å². The zero-order chi connectivity index (χ0) is 57.3. The molecule has 0 aliphatic carbocycles. The maximum Gasteiger partial charge on any atom is 3.00 e. The molecule has 81 heavy (non-hydrogen) atoms. The van der Waals surface area contributed by atoms with Gasteiger partial charge < -0.3 is 70.7 Å². The summed E-state index contributed by atoms with van der Waals surface area (Å²) in [6, 6.07) is 0. The first-order valence-corrected chi connectivity index (χ1v) is 32.0. The third kappa shape index (κ3) is 55.2. The van der Waals surface area contributed by atoms with Crippen LogP contribution in [-0.2, 0) is 51.9 Å². The third-order valence-electron chi connectivity index (χ3n) is 14.2. The van der Waals surface area contributed by atoms with E-state index in [9.17, 15) is 38.2 Å². The fourth-order valence-corrected chi connectivity index (χ4v) is 10.3. The minimum Gasteiger partial charge on any atom is -1.00 e. The summed E-state index contributed by atoms with van der Waals surface area (Å²) in [5.74, 6) is -3.02. The van der Waals surface area contributed by atoms with E-state index in [-0.39, 0.29) is 124 Å². The van der Waals surface area contributed by atoms with Crippen LogP contribution in [-0.4, -0.2) is 166 Å². The molecule has 483 valence electrons. The summed E-state index contributed by atoms with van der Waals surface area (Å²) in [6.07, 6.45) is 35.1. The Kier molecular flexibility index (Phi) is 60.1. The molecule has 1 aliphatic rings. The maximum absolute atomic E-state index is 13.1. The van der Waals surface area contributed by atoms with Gasteiger partial charge in [-0.2, -0.15) is 0 Å². The maximum atomic E-state index is 13.1. The molecule has 1 heterocycles. The van der Waals surface area contributed by atoms with Crippen molar-refractivity contribution in [1.82, 2.24) is 24.9 Å². The molecule has 0 spiro atoms. The second-order valence-corrected chi connectivity index (χ2v) is 23.0. The number of carbonyl (C=O) groups excluding carboxylic acids is 6. The van der Waals surface area contributed by atoms with Gasteiger partial charge in [-0.3, -0.25) is 52.9 Å². The average Bonchev–Trinajstić information content (AvgIpc) is 3.38. The summed E-state index contributed by atoms with van der Waals surface area (Å²) in [5, 5.41) is 2.65. The zero-order valence-corrected chi connectivity index (χ0v) is 54.0. The van der Waals surface area contributed by atoms with Gasteiger partial charge in [0, 0.05) is 71.7 Å². The standard InChI is InChI=1S/C57H111N8O12P.2ClH.Yb/c1-3-5-7-9-11-13-15-17-19-21-23-25-27-29-31-33-56(70)74-49-51(77-57(71)34-32-30-28-26-24-22-20-18-16-14-12-10-8-6-4-2)50-76-78(72,73)75-44-35-61-55(69)48-65-42-40-63(46-53(59)67)38-36-62(45-52(58)66)37-39-64(41-43-65)47-54(60)68;;;/h51H,3-50H2,1-2H3,(H2,58,66)(H2,59,67)(H2,60,68)(H,61,69)(H,72,73);2*1H;/q;;;+3/p-3/t51-;;;/m1.../s1. The van der Waals surface area contributed by atoms with Crippen molar-refractivity contribution >= 4 is 43.4 Å². The van der Waals surface area contributed by atoms with Crippen LogP contribution in [0.2, 0.25) is 0 Å². The van der Waals surface area contributed by atoms with Crippen molar-refractivity contribution in [3.63, 3.8) is 0 Å². The van der Waals surface area contributed by atoms with Crippen molar-refractivity contribution in [2.45, 2.75) is 225 Å². The van der Waals surface area contributed by atoms with Crippen LogP contribution in [0, 0.1) is 46.9 Å². The van der Waals surface area contributed by atoms with E-state index in [0.29, 0.717) is 65.2 Å². The van der Waals surface area contributed by atoms with Crippen molar-refractivity contribution in [2.24, 2.45) is 17.2 Å². The summed E-state index contributed by atoms with van der Waals surface area (Å²) >= 11 is 0. The average molecular weight is 1370 g/mol. The Morgan fingerprint density at radius 3 is 1.07 bits per heavy atom. The largest absolute Gasteiger partial charge is 3.00 e. The fourth-order valence-electron chi connectivity index (χ4n) is 9.59. The molecule has 0 bridgehead atoms. The van der Waals surface area contributed by atoms with Gasteiger partial charge in [-0.15, -0.1) is 0 Å². The zero-order valence-electron chi connectivity index (χ0n) is 49.9. The molecule has 1 saturated heterocycles. The number of halogens is 2. The van der Waals surface area contributed by atoms with Gasteiger partial charge in [0.05, 0.1) is 39.4 Å². The number of amides is 4. The topological polar surface area (TPSA) is 283 Å². The van der Waals surface area contributed by atoms with E-state index in [1.165, 1.54) is 141 Å². The molecule has 2 atom stereocenters. The van der Waals surface area contributed by atoms with E-state index in [4.69, 9.17) is 35.7 Å². The number of hydrogen-bond donors (Lipinski definition) is 4. The summed E-state index contributed by atoms with van der Waals surface area (Å²) in [5.41, 5.74) is 16.5. The molecule has 0 aromatic carbocycles. The van der Waals surface area contributed by atoms with Crippen LogP contribution in [0.5, 0.6) is 0 Å². The van der Waals surface area contributed by atoms with Crippen molar-refractivity contribution in [3.8, 4) is 0 Å². The van der Waals surface area contributed by atoms with Gasteiger partial charge in [-0.05, 0) is 12.8 Å². The smallest absolute Gasteiger partial charge is 1.00 e. The Labute approximate surface area is 540 Å². The molecule has 0 aromatic heterocycles. The Balaban J connectivity index is -0.0000203. The first kappa shape index (κ1) is 84.1. The number of ether oxygens (including phenoxy) is 2. The number of hydrogen-bond acceptors (Lipinski definition) is 16. The van der Waals surface area contributed by atoms with Gasteiger partial charge in [0.15, 0.2) is 6.10 Å². The number of primary amides is 3. The van der Waals surface area contributed by atoms with E-state index in [1.807, 2.05) is 19.6 Å². The van der Waals surface area contributed by atoms with Gasteiger partial charge in [-0.1, -0.05) is 194 Å². The molecule has 1 aliphatic heterocycles. The number of rotatable bonds is 50. The number of phosphoric acid groups is 1. The number of nitrogens with zero attached hydrogens (tertiary/aromatic N) is 4. The van der Waals surface area contributed by atoms with Crippen LogP contribution < -0.4 is 52.2 Å². The van der Waals surface area contributed by atoms with Crippen LogP contribution in [0.25, 0.3) is 0 Å². The van der Waals surface area contributed by atoms with Gasteiger partial charge >= 0.3 is 58.9 Å². The van der Waals surface area contributed by atoms with Gasteiger partial charge in [0.25, 0.3) is 7.82 Å². The molecule has 4 amide bonds. The summed E-state index contributed by atoms with van der Waals surface area (Å²) in [6.45, 7) is 5.60. The van der Waals surface area contributed by atoms with Gasteiger partial charge in [-0.25, -0.2) is 0 Å². The van der Waals surface area contributed by atoms with E-state index in [0.717, 1.165) is 38.5 Å². The minimum atomic E-state index is -4.97. The summed E-state index contributed by atoms with van der Waals surface area (Å²) in [4.78, 5) is 94.6. The molecule has 1 rings (SSSR count). The minimum absolute atomic E-state index is 0. The van der Waals surface area contributed by atoms with Crippen LogP contribution in [0.15, 0.2) is 0 Å². The van der Waals surface area contributed by atoms with Crippen molar-refractivity contribution in [2.75, 3.05) is 105 Å². The predicted molar refractivity (Wildman–Crippen MR) is 306 cm³/mol. The number of unbranched alkanes of at least 4 members (excludes halogenated alkanes) is 28. The third-order valence-corrected chi connectivity index (χ3v) is 15.2. The summed E-state index contributed by atoms with van der Waals surface area (Å²) in [7, 11) is -4.97. The molecular weight excluding hydrogens is 1260 g/mol. The molecule has 20 nitrogen and oxygen atoms in total. The molecule has 24 heteroatoms. The van der Waals surface area contributed by atoms with Crippen LogP contribution >= 0.6 is 7.82 Å². The van der Waals surface area contributed by atoms with Crippen molar-refractivity contribution in [1.29, 1.82) is 0 Å². The van der Waals surface area contributed by atoms with Crippen LogP contribution in [0.1, 0.15) is 219 Å². The Bertz CT molecular complexity index is 1610. The second kappa shape index (κ2) is 57.9. The van der Waals surface area contributed by atoms with Crippen LogP contribution in [0.4, 0.5) is 0 Å². The van der Waals surface area contributed by atoms with Crippen molar-refractivity contribution in [3.05, 3.63) is 0 Å². The quantitative estimate of drug-likeness (QED) is 0.0379.